The van der Waals surface area contributed by atoms with Crippen LogP contribution in [0.2, 0.25) is 0 Å². The first-order valence-corrected chi connectivity index (χ1v) is 6.46. The average Bonchev–Trinajstić information content (AvgIpc) is 2.66. The first-order chi connectivity index (χ1) is 9.13. The highest BCUT2D eigenvalue weighted by molar-refractivity contribution is 5.36. The molecular weight excluding hydrogens is 238 g/mol. The van der Waals surface area contributed by atoms with E-state index in [9.17, 15) is 0 Å². The fourth-order valence-electron chi connectivity index (χ4n) is 2.60. The molecule has 19 heavy (non-hydrogen) atoms. The normalized spacial score (nSPS) is 21.2. The second kappa shape index (κ2) is 4.63. The molecule has 0 saturated carbocycles. The Kier molecular flexibility index (Phi) is 2.95. The Balaban J connectivity index is 1.82. The molecular formula is C15H17N3O. The lowest BCUT2D eigenvalue weighted by Crippen LogP contribution is -2.28. The van der Waals surface area contributed by atoms with Crippen molar-refractivity contribution >= 4 is 0 Å². The summed E-state index contributed by atoms with van der Waals surface area (Å²) in [4.78, 5) is 8.55. The predicted octanol–water partition coefficient (Wildman–Crippen LogP) is 2.10. The zero-order valence-electron chi connectivity index (χ0n) is 11.1. The van der Waals surface area contributed by atoms with Crippen molar-refractivity contribution < 1.29 is 4.74 Å². The van der Waals surface area contributed by atoms with Gasteiger partial charge in [0.1, 0.15) is 11.9 Å². The van der Waals surface area contributed by atoms with E-state index in [0.717, 1.165) is 17.9 Å². The van der Waals surface area contributed by atoms with Crippen LogP contribution in [0, 0.1) is 13.8 Å². The fraction of sp³-hybridized carbons (Fsp3) is 0.333. The summed E-state index contributed by atoms with van der Waals surface area (Å²) in [5.41, 5.74) is 9.60. The zero-order valence-corrected chi connectivity index (χ0v) is 11.1. The topological polar surface area (TPSA) is 61.0 Å². The van der Waals surface area contributed by atoms with Gasteiger partial charge in [0.15, 0.2) is 0 Å². The third kappa shape index (κ3) is 2.31. The van der Waals surface area contributed by atoms with Crippen molar-refractivity contribution in [1.29, 1.82) is 0 Å². The molecule has 4 heteroatoms. The van der Waals surface area contributed by atoms with E-state index in [-0.39, 0.29) is 12.1 Å². The van der Waals surface area contributed by atoms with Gasteiger partial charge in [-0.1, -0.05) is 24.3 Å². The summed E-state index contributed by atoms with van der Waals surface area (Å²) >= 11 is 0. The smallest absolute Gasteiger partial charge is 0.217 e. The molecule has 3 rings (SSSR count). The molecule has 4 nitrogen and oxygen atoms in total. The molecule has 0 spiro atoms. The lowest BCUT2D eigenvalue weighted by molar-refractivity contribution is 0.176. The second-order valence-corrected chi connectivity index (χ2v) is 4.98. The molecule has 2 atom stereocenters. The molecule has 0 radical (unpaired) electrons. The summed E-state index contributed by atoms with van der Waals surface area (Å²) in [5.74, 6) is 1.33. The van der Waals surface area contributed by atoms with E-state index in [2.05, 4.69) is 22.1 Å². The number of benzene rings is 1. The van der Waals surface area contributed by atoms with E-state index in [1.807, 2.05) is 32.0 Å². The van der Waals surface area contributed by atoms with Gasteiger partial charge in [-0.25, -0.2) is 4.98 Å². The van der Waals surface area contributed by atoms with Gasteiger partial charge in [0.25, 0.3) is 0 Å². The molecule has 0 bridgehead atoms. The molecule has 0 aliphatic heterocycles. The van der Waals surface area contributed by atoms with E-state index in [0.29, 0.717) is 5.88 Å². The quantitative estimate of drug-likeness (QED) is 0.892. The lowest BCUT2D eigenvalue weighted by atomic mass is 10.1. The molecule has 1 aromatic carbocycles. The molecule has 0 amide bonds. The van der Waals surface area contributed by atoms with Crippen molar-refractivity contribution in [3.05, 3.63) is 53.0 Å². The van der Waals surface area contributed by atoms with Gasteiger partial charge in [-0.15, -0.1) is 0 Å². The number of aromatic nitrogens is 2. The molecule has 1 aromatic heterocycles. The minimum atomic E-state index is -0.0909. The number of fused-ring (bicyclic) bond motifs is 1. The minimum Gasteiger partial charge on any atom is -0.472 e. The van der Waals surface area contributed by atoms with Gasteiger partial charge in [-0.2, -0.15) is 4.98 Å². The van der Waals surface area contributed by atoms with Crippen LogP contribution in [0.5, 0.6) is 5.88 Å². The minimum absolute atomic E-state index is 0.0499. The van der Waals surface area contributed by atoms with Gasteiger partial charge in [0.05, 0.1) is 6.04 Å². The molecule has 1 heterocycles. The van der Waals surface area contributed by atoms with E-state index < -0.39 is 0 Å². The van der Waals surface area contributed by atoms with Crippen LogP contribution in [0.3, 0.4) is 0 Å². The fourth-order valence-corrected chi connectivity index (χ4v) is 2.60. The van der Waals surface area contributed by atoms with Crippen LogP contribution in [0.1, 0.15) is 28.7 Å². The van der Waals surface area contributed by atoms with Crippen LogP contribution in [0.15, 0.2) is 30.3 Å². The second-order valence-electron chi connectivity index (χ2n) is 4.98. The Bertz CT molecular complexity index is 592. The van der Waals surface area contributed by atoms with Crippen molar-refractivity contribution in [2.75, 3.05) is 0 Å². The summed E-state index contributed by atoms with van der Waals surface area (Å²) in [7, 11) is 0. The average molecular weight is 255 g/mol. The Labute approximate surface area is 112 Å². The highest BCUT2D eigenvalue weighted by Gasteiger charge is 2.31. The first-order valence-electron chi connectivity index (χ1n) is 6.46. The Morgan fingerprint density at radius 3 is 2.74 bits per heavy atom. The van der Waals surface area contributed by atoms with Crippen molar-refractivity contribution in [2.24, 2.45) is 5.73 Å². The Morgan fingerprint density at radius 1 is 1.21 bits per heavy atom. The maximum atomic E-state index is 6.25. The summed E-state index contributed by atoms with van der Waals surface area (Å²) in [6.45, 7) is 3.80. The molecule has 0 fully saturated rings. The summed E-state index contributed by atoms with van der Waals surface area (Å²) in [6, 6.07) is 9.98. The Hall–Kier alpha value is -1.94. The van der Waals surface area contributed by atoms with Gasteiger partial charge >= 0.3 is 0 Å². The molecule has 2 aromatic rings. The van der Waals surface area contributed by atoms with E-state index >= 15 is 0 Å². The van der Waals surface area contributed by atoms with E-state index in [1.165, 1.54) is 11.1 Å². The van der Waals surface area contributed by atoms with Crippen molar-refractivity contribution in [3.63, 3.8) is 0 Å². The van der Waals surface area contributed by atoms with E-state index in [4.69, 9.17) is 10.5 Å². The molecule has 0 saturated heterocycles. The first kappa shape index (κ1) is 12.1. The van der Waals surface area contributed by atoms with Crippen LogP contribution in [0.4, 0.5) is 0 Å². The van der Waals surface area contributed by atoms with Crippen molar-refractivity contribution in [2.45, 2.75) is 32.4 Å². The van der Waals surface area contributed by atoms with Crippen LogP contribution in [0.25, 0.3) is 0 Å². The van der Waals surface area contributed by atoms with Gasteiger partial charge in [-0.3, -0.25) is 0 Å². The monoisotopic (exact) mass is 255 g/mol. The molecule has 1 aliphatic rings. The van der Waals surface area contributed by atoms with Gasteiger partial charge in [0, 0.05) is 18.2 Å². The molecule has 2 unspecified atom stereocenters. The lowest BCUT2D eigenvalue weighted by Gasteiger charge is -2.18. The van der Waals surface area contributed by atoms with Crippen LogP contribution < -0.4 is 10.5 Å². The zero-order chi connectivity index (χ0) is 13.4. The standard InChI is InChI=1S/C15H17N3O/c1-9-7-14(18-10(2)17-9)19-13-8-11-5-3-4-6-12(11)15(13)16/h3-7,13,15H,8,16H2,1-2H3. The van der Waals surface area contributed by atoms with Crippen LogP contribution >= 0.6 is 0 Å². The SMILES string of the molecule is Cc1cc(OC2Cc3ccccc3C2N)nc(C)n1. The van der Waals surface area contributed by atoms with Gasteiger partial charge in [0.2, 0.25) is 5.88 Å². The Morgan fingerprint density at radius 2 is 2.00 bits per heavy atom. The highest BCUT2D eigenvalue weighted by Crippen LogP contribution is 2.31. The molecule has 2 N–H and O–H groups in total. The van der Waals surface area contributed by atoms with Crippen molar-refractivity contribution in [1.82, 2.24) is 9.97 Å². The maximum Gasteiger partial charge on any atom is 0.217 e. The molecule has 98 valence electrons. The number of ether oxygens (including phenoxy) is 1. The summed E-state index contributed by atoms with van der Waals surface area (Å²) in [5, 5.41) is 0. The summed E-state index contributed by atoms with van der Waals surface area (Å²) in [6.07, 6.45) is 0.783. The van der Waals surface area contributed by atoms with Crippen LogP contribution in [-0.2, 0) is 6.42 Å². The maximum absolute atomic E-state index is 6.25. The largest absolute Gasteiger partial charge is 0.472 e. The number of nitrogens with two attached hydrogens (primary N) is 1. The van der Waals surface area contributed by atoms with Gasteiger partial charge < -0.3 is 10.5 Å². The molecule has 1 aliphatic carbocycles. The number of aryl methyl sites for hydroxylation is 2. The van der Waals surface area contributed by atoms with Crippen LogP contribution in [-0.4, -0.2) is 16.1 Å². The number of hydrogen-bond acceptors (Lipinski definition) is 4. The highest BCUT2D eigenvalue weighted by atomic mass is 16.5. The van der Waals surface area contributed by atoms with E-state index in [1.54, 1.807) is 0 Å². The number of nitrogens with zero attached hydrogens (tertiary/aromatic N) is 2. The third-order valence-corrected chi connectivity index (χ3v) is 3.45. The number of hydrogen-bond donors (Lipinski definition) is 1. The summed E-state index contributed by atoms with van der Waals surface area (Å²) < 4.78 is 5.96. The predicted molar refractivity (Wildman–Crippen MR) is 73.0 cm³/mol. The third-order valence-electron chi connectivity index (χ3n) is 3.45. The van der Waals surface area contributed by atoms with Crippen molar-refractivity contribution in [3.8, 4) is 5.88 Å². The van der Waals surface area contributed by atoms with Gasteiger partial charge in [-0.05, 0) is 25.0 Å². The number of rotatable bonds is 2.